The van der Waals surface area contributed by atoms with Gasteiger partial charge in [-0.1, -0.05) is 43.7 Å². The largest absolute Gasteiger partial charge is 0.481 e. The van der Waals surface area contributed by atoms with Crippen LogP contribution in [0.3, 0.4) is 0 Å². The van der Waals surface area contributed by atoms with E-state index in [0.717, 1.165) is 18.4 Å². The molecule has 1 amide bonds. The van der Waals surface area contributed by atoms with Gasteiger partial charge in [-0.3, -0.25) is 9.59 Å². The number of aliphatic carboxylic acids is 1. The Kier molecular flexibility index (Phi) is 6.37. The smallest absolute Gasteiger partial charge is 0.314 e. The van der Waals surface area contributed by atoms with Crippen molar-refractivity contribution in [2.75, 3.05) is 19.7 Å². The summed E-state index contributed by atoms with van der Waals surface area (Å²) in [7, 11) is 0. The van der Waals surface area contributed by atoms with Gasteiger partial charge in [0, 0.05) is 19.7 Å². The lowest BCUT2D eigenvalue weighted by Crippen LogP contribution is -2.51. The molecule has 5 nitrogen and oxygen atoms in total. The molecule has 1 aliphatic rings. The van der Waals surface area contributed by atoms with Crippen LogP contribution in [0.15, 0.2) is 30.3 Å². The maximum absolute atomic E-state index is 12.5. The number of hydrogen-bond donors (Lipinski definition) is 1. The van der Waals surface area contributed by atoms with Crippen molar-refractivity contribution >= 4 is 11.9 Å². The normalized spacial score (nSPS) is 18.2. The lowest BCUT2D eigenvalue weighted by atomic mass is 9.73. The number of hydrogen-bond acceptors (Lipinski definition) is 3. The molecule has 24 heavy (non-hydrogen) atoms. The van der Waals surface area contributed by atoms with Crippen molar-refractivity contribution in [2.45, 2.75) is 51.0 Å². The molecule has 2 rings (SSSR count). The summed E-state index contributed by atoms with van der Waals surface area (Å²) in [5, 5.41) is 9.79. The molecule has 0 aliphatic carbocycles. The highest BCUT2D eigenvalue weighted by atomic mass is 16.5. The molecule has 1 fully saturated rings. The third-order valence-corrected chi connectivity index (χ3v) is 4.88. The second-order valence-corrected chi connectivity index (χ2v) is 6.45. The van der Waals surface area contributed by atoms with Crippen LogP contribution < -0.4 is 0 Å². The van der Waals surface area contributed by atoms with E-state index >= 15 is 0 Å². The van der Waals surface area contributed by atoms with Crippen molar-refractivity contribution in [3.8, 4) is 0 Å². The number of piperidine rings is 1. The third-order valence-electron chi connectivity index (χ3n) is 4.88. The number of carboxylic acids is 1. The molecule has 0 saturated carbocycles. The number of nitrogens with zero attached hydrogens (tertiary/aromatic N) is 1. The third kappa shape index (κ3) is 3.96. The van der Waals surface area contributed by atoms with Crippen LogP contribution >= 0.6 is 0 Å². The molecule has 1 aromatic rings. The Morgan fingerprint density at radius 3 is 2.42 bits per heavy atom. The average Bonchev–Trinajstić information content (AvgIpc) is 2.62. The Bertz CT molecular complexity index is 550. The minimum absolute atomic E-state index is 0.0434. The monoisotopic (exact) mass is 333 g/mol. The van der Waals surface area contributed by atoms with Crippen LogP contribution in [0.2, 0.25) is 0 Å². The van der Waals surface area contributed by atoms with Gasteiger partial charge in [0.15, 0.2) is 0 Å². The zero-order valence-corrected chi connectivity index (χ0v) is 14.5. The van der Waals surface area contributed by atoms with Gasteiger partial charge < -0.3 is 14.7 Å². The first-order valence-electron chi connectivity index (χ1n) is 8.70. The van der Waals surface area contributed by atoms with Gasteiger partial charge >= 0.3 is 5.97 Å². The van der Waals surface area contributed by atoms with E-state index in [1.165, 1.54) is 0 Å². The first-order chi connectivity index (χ1) is 11.5. The van der Waals surface area contributed by atoms with Gasteiger partial charge in [0.25, 0.3) is 5.91 Å². The SMILES string of the molecule is CCCCOC(C)C(=O)N1CCC(C(=O)O)(c2ccccc2)CC1. The van der Waals surface area contributed by atoms with Gasteiger partial charge in [0.1, 0.15) is 6.10 Å². The molecular formula is C19H27NO4. The molecule has 5 heteroatoms. The molecule has 1 atom stereocenters. The summed E-state index contributed by atoms with van der Waals surface area (Å²) in [5.41, 5.74) is -0.0819. The van der Waals surface area contributed by atoms with Crippen LogP contribution in [0.25, 0.3) is 0 Å². The predicted molar refractivity (Wildman–Crippen MR) is 91.9 cm³/mol. The number of amides is 1. The molecule has 0 aromatic heterocycles. The van der Waals surface area contributed by atoms with Crippen molar-refractivity contribution in [1.82, 2.24) is 4.90 Å². The number of carboxylic acid groups (broad SMARTS) is 1. The summed E-state index contributed by atoms with van der Waals surface area (Å²) in [4.78, 5) is 26.1. The molecular weight excluding hydrogens is 306 g/mol. The van der Waals surface area contributed by atoms with Gasteiger partial charge in [0.2, 0.25) is 0 Å². The Morgan fingerprint density at radius 1 is 1.25 bits per heavy atom. The molecule has 1 N–H and O–H groups in total. The Hall–Kier alpha value is -1.88. The lowest BCUT2D eigenvalue weighted by molar-refractivity contribution is -0.151. The highest BCUT2D eigenvalue weighted by Gasteiger charge is 2.44. The molecule has 1 unspecified atom stereocenters. The van der Waals surface area contributed by atoms with Gasteiger partial charge in [-0.25, -0.2) is 0 Å². The Balaban J connectivity index is 2.00. The molecule has 1 aromatic carbocycles. The average molecular weight is 333 g/mol. The summed E-state index contributed by atoms with van der Waals surface area (Å²) in [5.74, 6) is -0.855. The van der Waals surface area contributed by atoms with Crippen LogP contribution in [0, 0.1) is 0 Å². The van der Waals surface area contributed by atoms with E-state index in [9.17, 15) is 14.7 Å². The summed E-state index contributed by atoms with van der Waals surface area (Å²) < 4.78 is 5.57. The first kappa shape index (κ1) is 18.5. The number of ether oxygens (including phenoxy) is 1. The van der Waals surface area contributed by atoms with E-state index in [0.29, 0.717) is 32.5 Å². The van der Waals surface area contributed by atoms with E-state index in [1.807, 2.05) is 30.3 Å². The van der Waals surface area contributed by atoms with E-state index in [1.54, 1.807) is 11.8 Å². The summed E-state index contributed by atoms with van der Waals surface area (Å²) in [6.07, 6.45) is 2.36. The van der Waals surface area contributed by atoms with Crippen molar-refractivity contribution < 1.29 is 19.4 Å². The van der Waals surface area contributed by atoms with Crippen LogP contribution in [0.4, 0.5) is 0 Å². The fourth-order valence-corrected chi connectivity index (χ4v) is 3.22. The zero-order valence-electron chi connectivity index (χ0n) is 14.5. The Labute approximate surface area is 143 Å². The second-order valence-electron chi connectivity index (χ2n) is 6.45. The topological polar surface area (TPSA) is 66.8 Å². The van der Waals surface area contributed by atoms with E-state index < -0.39 is 17.5 Å². The van der Waals surface area contributed by atoms with E-state index in [-0.39, 0.29) is 5.91 Å². The number of likely N-dealkylation sites (tertiary alicyclic amines) is 1. The van der Waals surface area contributed by atoms with Crippen LogP contribution in [0.1, 0.15) is 45.1 Å². The van der Waals surface area contributed by atoms with Gasteiger partial charge in [0.05, 0.1) is 5.41 Å². The predicted octanol–water partition coefficient (Wildman–Crippen LogP) is 2.84. The summed E-state index contributed by atoms with van der Waals surface area (Å²) in [6.45, 7) is 5.33. The van der Waals surface area contributed by atoms with Crippen molar-refractivity contribution in [3.05, 3.63) is 35.9 Å². The van der Waals surface area contributed by atoms with Crippen molar-refractivity contribution in [2.24, 2.45) is 0 Å². The summed E-state index contributed by atoms with van der Waals surface area (Å²) in [6, 6.07) is 9.33. The maximum atomic E-state index is 12.5. The lowest BCUT2D eigenvalue weighted by Gasteiger charge is -2.40. The first-order valence-corrected chi connectivity index (χ1v) is 8.70. The molecule has 132 valence electrons. The highest BCUT2D eigenvalue weighted by molar-refractivity contribution is 5.84. The highest BCUT2D eigenvalue weighted by Crippen LogP contribution is 2.36. The van der Waals surface area contributed by atoms with Crippen molar-refractivity contribution in [1.29, 1.82) is 0 Å². The fraction of sp³-hybridized carbons (Fsp3) is 0.579. The van der Waals surface area contributed by atoms with Gasteiger partial charge in [-0.05, 0) is 31.7 Å². The molecule has 0 radical (unpaired) electrons. The summed E-state index contributed by atoms with van der Waals surface area (Å²) >= 11 is 0. The standard InChI is InChI=1S/C19H27NO4/c1-3-4-14-24-15(2)17(21)20-12-10-19(11-13-20,18(22)23)16-8-6-5-7-9-16/h5-9,15H,3-4,10-14H2,1-2H3,(H,22,23). The fourth-order valence-electron chi connectivity index (χ4n) is 3.22. The van der Waals surface area contributed by atoms with Gasteiger partial charge in [-0.2, -0.15) is 0 Å². The minimum atomic E-state index is -0.898. The number of benzene rings is 1. The second kappa shape index (κ2) is 8.29. The van der Waals surface area contributed by atoms with Crippen LogP contribution in [0.5, 0.6) is 0 Å². The molecule has 1 saturated heterocycles. The maximum Gasteiger partial charge on any atom is 0.314 e. The van der Waals surface area contributed by atoms with Crippen molar-refractivity contribution in [3.63, 3.8) is 0 Å². The molecule has 0 bridgehead atoms. The molecule has 0 spiro atoms. The van der Waals surface area contributed by atoms with Crippen LogP contribution in [-0.4, -0.2) is 47.7 Å². The van der Waals surface area contributed by atoms with E-state index in [4.69, 9.17) is 4.74 Å². The van der Waals surface area contributed by atoms with Crippen LogP contribution in [-0.2, 0) is 19.7 Å². The molecule has 1 aliphatic heterocycles. The Morgan fingerprint density at radius 2 is 1.88 bits per heavy atom. The quantitative estimate of drug-likeness (QED) is 0.779. The van der Waals surface area contributed by atoms with Gasteiger partial charge in [-0.15, -0.1) is 0 Å². The zero-order chi connectivity index (χ0) is 17.6. The minimum Gasteiger partial charge on any atom is -0.481 e. The van der Waals surface area contributed by atoms with E-state index in [2.05, 4.69) is 6.92 Å². The number of carbonyl (C=O) groups excluding carboxylic acids is 1. The molecule has 1 heterocycles. The number of rotatable bonds is 7. The number of unbranched alkanes of at least 4 members (excludes halogenated alkanes) is 1. The number of carbonyl (C=O) groups is 2.